The molecule has 0 fully saturated rings. The summed E-state index contributed by atoms with van der Waals surface area (Å²) in [7, 11) is 1.87. The standard InChI is InChI=1S/C31H31N3O4/c1-18-13-23(19(2)32-26-10-8-7-9-22(26)30(36)38-31(3,4)5)29-24(14-18)27(35)16-28(37-29)20-11-12-25-21(15-20)17-34(6)33-25/h7-17,19,32H,1-6H3. The first-order valence-corrected chi connectivity index (χ1v) is 12.6. The number of benzene rings is 3. The number of aryl methyl sites for hydroxylation is 2. The number of hydrogen-bond acceptors (Lipinski definition) is 6. The molecule has 5 aromatic rings. The Balaban J connectivity index is 1.57. The van der Waals surface area contributed by atoms with Crippen LogP contribution in [0.4, 0.5) is 5.69 Å². The summed E-state index contributed by atoms with van der Waals surface area (Å²) >= 11 is 0. The van der Waals surface area contributed by atoms with Crippen molar-refractivity contribution < 1.29 is 13.9 Å². The lowest BCUT2D eigenvalue weighted by Crippen LogP contribution is -2.24. The van der Waals surface area contributed by atoms with Gasteiger partial charge < -0.3 is 14.5 Å². The van der Waals surface area contributed by atoms with Crippen molar-refractivity contribution in [3.63, 3.8) is 0 Å². The highest BCUT2D eigenvalue weighted by Crippen LogP contribution is 2.32. The molecule has 0 aliphatic carbocycles. The van der Waals surface area contributed by atoms with Gasteiger partial charge in [0.25, 0.3) is 0 Å². The van der Waals surface area contributed by atoms with Crippen molar-refractivity contribution in [2.24, 2.45) is 7.05 Å². The Morgan fingerprint density at radius 3 is 2.61 bits per heavy atom. The quantitative estimate of drug-likeness (QED) is 0.263. The Hall–Kier alpha value is -4.39. The molecule has 1 atom stereocenters. The van der Waals surface area contributed by atoms with E-state index in [1.165, 1.54) is 0 Å². The number of anilines is 1. The van der Waals surface area contributed by atoms with Crippen molar-refractivity contribution in [2.75, 3.05) is 5.32 Å². The van der Waals surface area contributed by atoms with Crippen LogP contribution in [0.1, 0.15) is 55.2 Å². The SMILES string of the molecule is Cc1cc(C(C)Nc2ccccc2C(=O)OC(C)(C)C)c2oc(-c3ccc4nn(C)cc4c3)cc(=O)c2c1. The van der Waals surface area contributed by atoms with Crippen LogP contribution in [0.2, 0.25) is 0 Å². The van der Waals surface area contributed by atoms with Crippen LogP contribution in [0.15, 0.2) is 76.1 Å². The molecular weight excluding hydrogens is 478 g/mol. The van der Waals surface area contributed by atoms with Crippen molar-refractivity contribution in [2.45, 2.75) is 46.3 Å². The number of fused-ring (bicyclic) bond motifs is 2. The van der Waals surface area contributed by atoms with Crippen molar-refractivity contribution in [1.82, 2.24) is 9.78 Å². The lowest BCUT2D eigenvalue weighted by atomic mass is 10.00. The molecule has 0 amide bonds. The molecule has 1 unspecified atom stereocenters. The highest BCUT2D eigenvalue weighted by Gasteiger charge is 2.22. The maximum absolute atomic E-state index is 13.2. The van der Waals surface area contributed by atoms with E-state index >= 15 is 0 Å². The molecule has 0 aliphatic rings. The highest BCUT2D eigenvalue weighted by atomic mass is 16.6. The predicted octanol–water partition coefficient (Wildman–Crippen LogP) is 6.78. The third kappa shape index (κ3) is 5.05. The zero-order valence-corrected chi connectivity index (χ0v) is 22.5. The molecule has 7 nitrogen and oxygen atoms in total. The lowest BCUT2D eigenvalue weighted by Gasteiger charge is -2.22. The number of para-hydroxylation sites is 1. The predicted molar refractivity (Wildman–Crippen MR) is 151 cm³/mol. The molecule has 2 heterocycles. The van der Waals surface area contributed by atoms with Crippen LogP contribution in [0.3, 0.4) is 0 Å². The Morgan fingerprint density at radius 1 is 1.08 bits per heavy atom. The van der Waals surface area contributed by atoms with E-state index < -0.39 is 11.6 Å². The van der Waals surface area contributed by atoms with E-state index in [1.54, 1.807) is 16.8 Å². The van der Waals surface area contributed by atoms with Crippen molar-refractivity contribution >= 4 is 33.5 Å². The van der Waals surface area contributed by atoms with Gasteiger partial charge in [-0.1, -0.05) is 18.2 Å². The van der Waals surface area contributed by atoms with Gasteiger partial charge in [-0.25, -0.2) is 4.79 Å². The largest absolute Gasteiger partial charge is 0.456 e. The van der Waals surface area contributed by atoms with Crippen LogP contribution in [0.25, 0.3) is 33.2 Å². The highest BCUT2D eigenvalue weighted by molar-refractivity contribution is 5.96. The lowest BCUT2D eigenvalue weighted by molar-refractivity contribution is 0.00706. The average molecular weight is 510 g/mol. The molecule has 0 saturated carbocycles. The third-order valence-electron chi connectivity index (χ3n) is 6.29. The van der Waals surface area contributed by atoms with E-state index in [0.717, 1.165) is 27.6 Å². The van der Waals surface area contributed by atoms with Gasteiger partial charge in [-0.2, -0.15) is 5.10 Å². The Bertz CT molecular complexity index is 1740. The molecular formula is C31H31N3O4. The number of carbonyl (C=O) groups excluding carboxylic acids is 1. The topological polar surface area (TPSA) is 86.4 Å². The zero-order valence-electron chi connectivity index (χ0n) is 22.5. The monoisotopic (exact) mass is 509 g/mol. The van der Waals surface area contributed by atoms with Crippen molar-refractivity contribution in [3.05, 3.63) is 93.8 Å². The first-order valence-electron chi connectivity index (χ1n) is 12.6. The maximum Gasteiger partial charge on any atom is 0.340 e. The summed E-state index contributed by atoms with van der Waals surface area (Å²) in [6, 6.07) is 18.2. The van der Waals surface area contributed by atoms with E-state index in [2.05, 4.69) is 10.4 Å². The number of rotatable bonds is 5. The van der Waals surface area contributed by atoms with Crippen LogP contribution in [-0.2, 0) is 11.8 Å². The first kappa shape index (κ1) is 25.3. The van der Waals surface area contributed by atoms with Gasteiger partial charge >= 0.3 is 5.97 Å². The molecule has 0 radical (unpaired) electrons. The molecule has 7 heteroatoms. The number of aromatic nitrogens is 2. The molecule has 3 aromatic carbocycles. The summed E-state index contributed by atoms with van der Waals surface area (Å²) in [5, 5.41) is 9.35. The summed E-state index contributed by atoms with van der Waals surface area (Å²) < 4.78 is 13.8. The second-order valence-electron chi connectivity index (χ2n) is 10.7. The third-order valence-corrected chi connectivity index (χ3v) is 6.29. The van der Waals surface area contributed by atoms with E-state index in [4.69, 9.17) is 9.15 Å². The van der Waals surface area contributed by atoms with Gasteiger partial charge in [0, 0.05) is 41.5 Å². The Kier molecular flexibility index (Phi) is 6.31. The molecule has 0 saturated heterocycles. The Morgan fingerprint density at radius 2 is 1.84 bits per heavy atom. The van der Waals surface area contributed by atoms with Crippen molar-refractivity contribution in [1.29, 1.82) is 0 Å². The number of esters is 1. The normalized spacial score (nSPS) is 12.6. The van der Waals surface area contributed by atoms with E-state index in [-0.39, 0.29) is 11.5 Å². The van der Waals surface area contributed by atoms with E-state index in [0.29, 0.717) is 28.0 Å². The van der Waals surface area contributed by atoms with Gasteiger partial charge in [-0.3, -0.25) is 9.48 Å². The fraction of sp³-hybridized carbons (Fsp3) is 0.258. The van der Waals surface area contributed by atoms with Gasteiger partial charge in [-0.15, -0.1) is 0 Å². The second-order valence-corrected chi connectivity index (χ2v) is 10.7. The second kappa shape index (κ2) is 9.49. The Labute approximate surface area is 221 Å². The number of hydrogen-bond donors (Lipinski definition) is 1. The summed E-state index contributed by atoms with van der Waals surface area (Å²) in [6.07, 6.45) is 1.93. The van der Waals surface area contributed by atoms with Crippen LogP contribution < -0.4 is 10.7 Å². The fourth-order valence-electron chi connectivity index (χ4n) is 4.63. The minimum atomic E-state index is -0.610. The molecule has 0 aliphatic heterocycles. The number of ether oxygens (including phenoxy) is 1. The molecule has 194 valence electrons. The molecule has 2 aromatic heterocycles. The van der Waals surface area contributed by atoms with Gasteiger partial charge in [-0.05, 0) is 76.6 Å². The number of nitrogens with zero attached hydrogens (tertiary/aromatic N) is 2. The first-order chi connectivity index (χ1) is 18.0. The molecule has 1 N–H and O–H groups in total. The van der Waals surface area contributed by atoms with Crippen LogP contribution >= 0.6 is 0 Å². The van der Waals surface area contributed by atoms with Gasteiger partial charge in [0.05, 0.1) is 22.5 Å². The van der Waals surface area contributed by atoms with Crippen LogP contribution in [0, 0.1) is 6.92 Å². The molecule has 0 spiro atoms. The minimum Gasteiger partial charge on any atom is -0.456 e. The average Bonchev–Trinajstić information content (AvgIpc) is 3.22. The van der Waals surface area contributed by atoms with Crippen molar-refractivity contribution in [3.8, 4) is 11.3 Å². The smallest absolute Gasteiger partial charge is 0.340 e. The fourth-order valence-corrected chi connectivity index (χ4v) is 4.63. The minimum absolute atomic E-state index is 0.112. The maximum atomic E-state index is 13.2. The van der Waals surface area contributed by atoms with Gasteiger partial charge in [0.1, 0.15) is 16.9 Å². The van der Waals surface area contributed by atoms with Gasteiger partial charge in [0.2, 0.25) is 0 Å². The summed E-state index contributed by atoms with van der Waals surface area (Å²) in [5.41, 5.74) is 4.31. The van der Waals surface area contributed by atoms with E-state index in [9.17, 15) is 9.59 Å². The molecule has 0 bridgehead atoms. The molecule has 38 heavy (non-hydrogen) atoms. The summed E-state index contributed by atoms with van der Waals surface area (Å²) in [4.78, 5) is 26.1. The summed E-state index contributed by atoms with van der Waals surface area (Å²) in [5.74, 6) is 0.0845. The van der Waals surface area contributed by atoms with Crippen LogP contribution in [0.5, 0.6) is 0 Å². The van der Waals surface area contributed by atoms with Crippen LogP contribution in [-0.4, -0.2) is 21.4 Å². The number of nitrogens with one attached hydrogen (secondary N) is 1. The number of carbonyl (C=O) groups is 1. The van der Waals surface area contributed by atoms with E-state index in [1.807, 2.05) is 96.4 Å². The zero-order chi connectivity index (χ0) is 27.2. The van der Waals surface area contributed by atoms with Gasteiger partial charge in [0.15, 0.2) is 5.43 Å². The molecule has 5 rings (SSSR count). The summed E-state index contributed by atoms with van der Waals surface area (Å²) in [6.45, 7) is 9.46.